The van der Waals surface area contributed by atoms with Crippen molar-refractivity contribution in [2.24, 2.45) is 0 Å². The summed E-state index contributed by atoms with van der Waals surface area (Å²) in [6.07, 6.45) is -8.73. The number of pyridine rings is 1. The molecule has 0 amide bonds. The molecule has 3 rings (SSSR count). The van der Waals surface area contributed by atoms with Crippen molar-refractivity contribution >= 4 is 11.4 Å². The lowest BCUT2D eigenvalue weighted by Gasteiger charge is -2.22. The maximum Gasteiger partial charge on any atom is 0.425 e. The molecule has 172 valence electrons. The van der Waals surface area contributed by atoms with E-state index in [0.717, 1.165) is 12.1 Å². The number of nitro groups is 2. The molecule has 0 aliphatic rings. The molecular formula is C22H17F4N3O4. The number of hydrogen-bond acceptors (Lipinski definition) is 5. The molecule has 0 aliphatic heterocycles. The Hall–Kier alpha value is -3.89. The summed E-state index contributed by atoms with van der Waals surface area (Å²) < 4.78 is 55.1. The van der Waals surface area contributed by atoms with E-state index in [-0.39, 0.29) is 16.8 Å². The van der Waals surface area contributed by atoms with Crippen molar-refractivity contribution < 1.29 is 27.4 Å². The van der Waals surface area contributed by atoms with Crippen LogP contribution in [0.3, 0.4) is 0 Å². The van der Waals surface area contributed by atoms with Crippen LogP contribution >= 0.6 is 0 Å². The smallest absolute Gasteiger partial charge is 0.258 e. The zero-order valence-corrected chi connectivity index (χ0v) is 17.3. The van der Waals surface area contributed by atoms with Gasteiger partial charge in [-0.3, -0.25) is 20.2 Å². The first-order chi connectivity index (χ1) is 15.4. The highest BCUT2D eigenvalue weighted by atomic mass is 19.4. The molecule has 0 saturated carbocycles. The molecule has 0 spiro atoms. The van der Waals surface area contributed by atoms with E-state index >= 15 is 0 Å². The summed E-state index contributed by atoms with van der Waals surface area (Å²) in [6.45, 7) is 3.36. The maximum atomic E-state index is 14.7. The number of aromatic nitrogens is 1. The lowest BCUT2D eigenvalue weighted by Crippen LogP contribution is -2.20. The Labute approximate surface area is 185 Å². The van der Waals surface area contributed by atoms with Crippen molar-refractivity contribution in [3.63, 3.8) is 0 Å². The van der Waals surface area contributed by atoms with Crippen LogP contribution in [0.1, 0.15) is 37.2 Å². The number of nitrogens with zero attached hydrogens (tertiary/aromatic N) is 3. The maximum absolute atomic E-state index is 14.7. The second-order valence-corrected chi connectivity index (χ2v) is 7.50. The highest BCUT2D eigenvalue weighted by Gasteiger charge is 2.44. The number of non-ortho nitro benzene ring substituents is 1. The molecule has 3 aromatic rings. The minimum absolute atomic E-state index is 0.0521. The molecule has 0 radical (unpaired) electrons. The minimum atomic E-state index is -5.27. The van der Waals surface area contributed by atoms with E-state index in [1.807, 2.05) is 0 Å². The van der Waals surface area contributed by atoms with Gasteiger partial charge in [0, 0.05) is 11.6 Å². The Morgan fingerprint density at radius 1 is 0.939 bits per heavy atom. The molecule has 0 saturated heterocycles. The van der Waals surface area contributed by atoms with Gasteiger partial charge in [0.2, 0.25) is 6.17 Å². The van der Waals surface area contributed by atoms with Crippen LogP contribution in [0.2, 0.25) is 0 Å². The topological polar surface area (TPSA) is 99.2 Å². The molecule has 0 fully saturated rings. The van der Waals surface area contributed by atoms with Gasteiger partial charge in [-0.15, -0.1) is 0 Å². The van der Waals surface area contributed by atoms with Crippen LogP contribution in [0.15, 0.2) is 54.6 Å². The van der Waals surface area contributed by atoms with Crippen LogP contribution in [0, 0.1) is 20.2 Å². The first kappa shape index (κ1) is 23.8. The van der Waals surface area contributed by atoms with Gasteiger partial charge in [-0.05, 0) is 29.2 Å². The van der Waals surface area contributed by atoms with Crippen molar-refractivity contribution in [2.45, 2.75) is 32.1 Å². The largest absolute Gasteiger partial charge is 0.425 e. The number of rotatable bonds is 6. The van der Waals surface area contributed by atoms with E-state index in [1.54, 1.807) is 32.0 Å². The molecule has 11 heteroatoms. The van der Waals surface area contributed by atoms with Gasteiger partial charge in [0.25, 0.3) is 11.4 Å². The third kappa shape index (κ3) is 4.81. The van der Waals surface area contributed by atoms with E-state index in [4.69, 9.17) is 0 Å². The Morgan fingerprint density at radius 3 is 2.09 bits per heavy atom. The lowest BCUT2D eigenvalue weighted by molar-refractivity contribution is -0.393. The average molecular weight is 463 g/mol. The zero-order chi connectivity index (χ0) is 24.5. The molecule has 0 N–H and O–H groups in total. The number of hydrogen-bond donors (Lipinski definition) is 0. The summed E-state index contributed by atoms with van der Waals surface area (Å²) in [7, 11) is 0. The second kappa shape index (κ2) is 8.93. The fraction of sp³-hybridized carbons (Fsp3) is 0.227. The molecule has 7 nitrogen and oxygen atoms in total. The predicted octanol–water partition coefficient (Wildman–Crippen LogP) is 6.93. The number of benzene rings is 2. The Balaban J connectivity index is 2.40. The SMILES string of the molecule is CC(C)c1cc(-c2ccc([N+](=O)[O-])cc2[N+](=O)[O-])nc(C(F)C(F)(F)F)c1-c1ccccc1. The van der Waals surface area contributed by atoms with Crippen molar-refractivity contribution in [3.8, 4) is 22.4 Å². The van der Waals surface area contributed by atoms with E-state index < -0.39 is 45.2 Å². The van der Waals surface area contributed by atoms with Crippen molar-refractivity contribution in [3.05, 3.63) is 86.1 Å². The zero-order valence-electron chi connectivity index (χ0n) is 17.3. The van der Waals surface area contributed by atoms with E-state index in [2.05, 4.69) is 4.98 Å². The summed E-state index contributed by atoms with van der Waals surface area (Å²) >= 11 is 0. The number of alkyl halides is 4. The molecule has 0 bridgehead atoms. The standard InChI is InChI=1S/C22H17F4N3O4/c1-12(2)16-11-17(15-9-8-14(28(30)31)10-18(15)29(32)33)27-20(21(23)22(24,25)26)19(16)13-6-4-3-5-7-13/h3-12,21H,1-2H3. The van der Waals surface area contributed by atoms with Crippen LogP contribution in [0.4, 0.5) is 28.9 Å². The third-order valence-electron chi connectivity index (χ3n) is 4.95. The van der Waals surface area contributed by atoms with Gasteiger partial charge in [-0.1, -0.05) is 44.2 Å². The Kier molecular flexibility index (Phi) is 6.43. The molecule has 0 aliphatic carbocycles. The van der Waals surface area contributed by atoms with Gasteiger partial charge in [-0.2, -0.15) is 13.2 Å². The highest BCUT2D eigenvalue weighted by molar-refractivity contribution is 5.78. The monoisotopic (exact) mass is 463 g/mol. The van der Waals surface area contributed by atoms with Crippen LogP contribution < -0.4 is 0 Å². The lowest BCUT2D eigenvalue weighted by atomic mass is 9.88. The van der Waals surface area contributed by atoms with Crippen LogP contribution in [0.5, 0.6) is 0 Å². The summed E-state index contributed by atoms with van der Waals surface area (Å²) in [5.74, 6) is -0.404. The average Bonchev–Trinajstić information content (AvgIpc) is 2.77. The van der Waals surface area contributed by atoms with E-state index in [0.29, 0.717) is 17.2 Å². The van der Waals surface area contributed by atoms with E-state index in [1.165, 1.54) is 18.2 Å². The summed E-state index contributed by atoms with van der Waals surface area (Å²) in [5, 5.41) is 22.6. The van der Waals surface area contributed by atoms with Crippen molar-refractivity contribution in [2.75, 3.05) is 0 Å². The fourth-order valence-corrected chi connectivity index (χ4v) is 3.44. The van der Waals surface area contributed by atoms with E-state index in [9.17, 15) is 37.8 Å². The third-order valence-corrected chi connectivity index (χ3v) is 4.95. The summed E-state index contributed by atoms with van der Waals surface area (Å²) in [4.78, 5) is 24.7. The summed E-state index contributed by atoms with van der Waals surface area (Å²) in [6, 6.07) is 11.9. The Morgan fingerprint density at radius 2 is 1.58 bits per heavy atom. The van der Waals surface area contributed by atoms with Gasteiger partial charge in [-0.25, -0.2) is 9.37 Å². The number of halogens is 4. The fourth-order valence-electron chi connectivity index (χ4n) is 3.44. The first-order valence-electron chi connectivity index (χ1n) is 9.66. The molecule has 1 aromatic heterocycles. The van der Waals surface area contributed by atoms with Crippen LogP contribution in [0.25, 0.3) is 22.4 Å². The minimum Gasteiger partial charge on any atom is -0.258 e. The second-order valence-electron chi connectivity index (χ2n) is 7.50. The molecule has 1 unspecified atom stereocenters. The molecule has 2 aromatic carbocycles. The van der Waals surface area contributed by atoms with Crippen molar-refractivity contribution in [1.82, 2.24) is 4.98 Å². The van der Waals surface area contributed by atoms with Crippen molar-refractivity contribution in [1.29, 1.82) is 0 Å². The molecule has 1 atom stereocenters. The summed E-state index contributed by atoms with van der Waals surface area (Å²) in [5.41, 5.74) is -2.24. The number of nitro benzene ring substituents is 2. The van der Waals surface area contributed by atoms with Gasteiger partial charge in [0.15, 0.2) is 0 Å². The molecule has 33 heavy (non-hydrogen) atoms. The normalized spacial score (nSPS) is 12.6. The highest BCUT2D eigenvalue weighted by Crippen LogP contribution is 2.44. The predicted molar refractivity (Wildman–Crippen MR) is 112 cm³/mol. The van der Waals surface area contributed by atoms with Gasteiger partial charge in [0.05, 0.1) is 32.9 Å². The van der Waals surface area contributed by atoms with Gasteiger partial charge in [0.1, 0.15) is 0 Å². The first-order valence-corrected chi connectivity index (χ1v) is 9.66. The van der Waals surface area contributed by atoms with Crippen LogP contribution in [-0.4, -0.2) is 21.0 Å². The quantitative estimate of drug-likeness (QED) is 0.224. The van der Waals surface area contributed by atoms with Crippen LogP contribution in [-0.2, 0) is 0 Å². The Bertz CT molecular complexity index is 1210. The van der Waals surface area contributed by atoms with Gasteiger partial charge >= 0.3 is 6.18 Å². The van der Waals surface area contributed by atoms with Gasteiger partial charge < -0.3 is 0 Å². The molecule has 1 heterocycles. The molecular weight excluding hydrogens is 446 g/mol.